The number of rotatable bonds is 3. The zero-order chi connectivity index (χ0) is 12.5. The molecule has 0 aliphatic heterocycles. The largest absolute Gasteiger partial charge is 0.393 e. The summed E-state index contributed by atoms with van der Waals surface area (Å²) in [4.78, 5) is 0. The van der Waals surface area contributed by atoms with Gasteiger partial charge in [0.05, 0.1) is 6.10 Å². The number of hydrogen-bond acceptors (Lipinski definition) is 2. The first-order valence-electron chi connectivity index (χ1n) is 6.92. The Morgan fingerprint density at radius 2 is 2.17 bits per heavy atom. The molecule has 0 saturated heterocycles. The molecule has 3 atom stereocenters. The van der Waals surface area contributed by atoms with Crippen LogP contribution in [0.25, 0.3) is 0 Å². The molecule has 3 unspecified atom stereocenters. The van der Waals surface area contributed by atoms with Crippen molar-refractivity contribution < 1.29 is 5.11 Å². The van der Waals surface area contributed by atoms with E-state index in [-0.39, 0.29) is 6.10 Å². The number of benzene rings is 1. The van der Waals surface area contributed by atoms with Gasteiger partial charge in [0, 0.05) is 10.5 Å². The van der Waals surface area contributed by atoms with Crippen molar-refractivity contribution in [2.45, 2.75) is 44.2 Å². The smallest absolute Gasteiger partial charge is 0.0543 e. The van der Waals surface area contributed by atoms with Gasteiger partial charge in [0.1, 0.15) is 0 Å². The Morgan fingerprint density at radius 3 is 2.94 bits per heavy atom. The van der Waals surface area contributed by atoms with Crippen molar-refractivity contribution >= 4 is 15.9 Å². The molecule has 0 spiro atoms. The van der Waals surface area contributed by atoms with Crippen molar-refractivity contribution in [3.8, 4) is 0 Å². The SMILES string of the molecule is OC1CCC(CNC2CCc3cc(Br)ccc32)C1. The number of aryl methyl sites for hydroxylation is 1. The van der Waals surface area contributed by atoms with E-state index in [4.69, 9.17) is 0 Å². The second-order valence-electron chi connectivity index (χ2n) is 5.68. The van der Waals surface area contributed by atoms with Crippen LogP contribution in [-0.2, 0) is 6.42 Å². The van der Waals surface area contributed by atoms with Gasteiger partial charge >= 0.3 is 0 Å². The molecule has 98 valence electrons. The lowest BCUT2D eigenvalue weighted by Gasteiger charge is -2.17. The highest BCUT2D eigenvalue weighted by Crippen LogP contribution is 2.33. The number of aliphatic hydroxyl groups excluding tert-OH is 1. The van der Waals surface area contributed by atoms with Crippen LogP contribution in [0.3, 0.4) is 0 Å². The van der Waals surface area contributed by atoms with E-state index in [0.717, 1.165) is 19.4 Å². The zero-order valence-electron chi connectivity index (χ0n) is 10.5. The summed E-state index contributed by atoms with van der Waals surface area (Å²) in [6.45, 7) is 1.05. The highest BCUT2D eigenvalue weighted by molar-refractivity contribution is 9.10. The maximum Gasteiger partial charge on any atom is 0.0543 e. The van der Waals surface area contributed by atoms with Gasteiger partial charge in [0.2, 0.25) is 0 Å². The number of fused-ring (bicyclic) bond motifs is 1. The molecule has 2 nitrogen and oxygen atoms in total. The fourth-order valence-corrected chi connectivity index (χ4v) is 3.75. The fraction of sp³-hybridized carbons (Fsp3) is 0.600. The predicted molar refractivity (Wildman–Crippen MR) is 76.6 cm³/mol. The van der Waals surface area contributed by atoms with Crippen LogP contribution in [0.4, 0.5) is 0 Å². The molecule has 1 aromatic carbocycles. The lowest BCUT2D eigenvalue weighted by atomic mass is 10.1. The third kappa shape index (κ3) is 2.63. The summed E-state index contributed by atoms with van der Waals surface area (Å²) in [5.74, 6) is 0.666. The summed E-state index contributed by atoms with van der Waals surface area (Å²) < 4.78 is 1.18. The standard InChI is InChI=1S/C15H20BrNO/c16-12-3-5-14-11(8-12)2-6-15(14)17-9-10-1-4-13(18)7-10/h3,5,8,10,13,15,17-18H,1-2,4,6-7,9H2. The van der Waals surface area contributed by atoms with Gasteiger partial charge in [0.25, 0.3) is 0 Å². The molecule has 3 rings (SSSR count). The highest BCUT2D eigenvalue weighted by Gasteiger charge is 2.26. The van der Waals surface area contributed by atoms with Crippen molar-refractivity contribution in [2.24, 2.45) is 5.92 Å². The summed E-state index contributed by atoms with van der Waals surface area (Å²) in [5.41, 5.74) is 2.95. The average molecular weight is 310 g/mol. The van der Waals surface area contributed by atoms with Crippen LogP contribution in [0.15, 0.2) is 22.7 Å². The van der Waals surface area contributed by atoms with Crippen LogP contribution in [0.1, 0.15) is 42.9 Å². The van der Waals surface area contributed by atoms with Gasteiger partial charge in [-0.05, 0) is 67.8 Å². The molecule has 2 N–H and O–H groups in total. The molecule has 1 aromatic rings. The number of hydrogen-bond donors (Lipinski definition) is 2. The summed E-state index contributed by atoms with van der Waals surface area (Å²) in [5, 5.41) is 13.2. The molecule has 1 fully saturated rings. The van der Waals surface area contributed by atoms with Crippen LogP contribution < -0.4 is 5.32 Å². The van der Waals surface area contributed by atoms with Crippen LogP contribution in [0, 0.1) is 5.92 Å². The summed E-state index contributed by atoms with van der Waals surface area (Å²) in [7, 11) is 0. The van der Waals surface area contributed by atoms with Gasteiger partial charge in [-0.2, -0.15) is 0 Å². The number of halogens is 1. The third-order valence-corrected chi connectivity index (χ3v) is 4.84. The Kier molecular flexibility index (Phi) is 3.73. The van der Waals surface area contributed by atoms with Gasteiger partial charge in [-0.1, -0.05) is 22.0 Å². The van der Waals surface area contributed by atoms with Crippen LogP contribution in [-0.4, -0.2) is 17.8 Å². The Hall–Kier alpha value is -0.380. The molecule has 0 heterocycles. The van der Waals surface area contributed by atoms with Gasteiger partial charge < -0.3 is 10.4 Å². The maximum absolute atomic E-state index is 9.55. The molecule has 2 aliphatic carbocycles. The minimum atomic E-state index is -0.0522. The normalized spacial score (nSPS) is 30.7. The maximum atomic E-state index is 9.55. The minimum absolute atomic E-state index is 0.0522. The first kappa shape index (κ1) is 12.6. The minimum Gasteiger partial charge on any atom is -0.393 e. The summed E-state index contributed by atoms with van der Waals surface area (Å²) >= 11 is 3.54. The van der Waals surface area contributed by atoms with E-state index in [1.54, 1.807) is 0 Å². The predicted octanol–water partition coefficient (Wildman–Crippen LogP) is 3.19. The molecule has 0 bridgehead atoms. The molecule has 1 saturated carbocycles. The molecule has 0 aromatic heterocycles. The highest BCUT2D eigenvalue weighted by atomic mass is 79.9. The van der Waals surface area contributed by atoms with E-state index in [9.17, 15) is 5.11 Å². The topological polar surface area (TPSA) is 32.3 Å². The van der Waals surface area contributed by atoms with Crippen LogP contribution in [0.2, 0.25) is 0 Å². The summed E-state index contributed by atoms with van der Waals surface area (Å²) in [6.07, 6.45) is 5.48. The van der Waals surface area contributed by atoms with Crippen LogP contribution in [0.5, 0.6) is 0 Å². The molecular formula is C15H20BrNO. The quantitative estimate of drug-likeness (QED) is 0.899. The van der Waals surface area contributed by atoms with E-state index in [1.807, 2.05) is 0 Å². The van der Waals surface area contributed by atoms with E-state index in [2.05, 4.69) is 39.4 Å². The van der Waals surface area contributed by atoms with Crippen molar-refractivity contribution in [1.82, 2.24) is 5.32 Å². The molecule has 2 aliphatic rings. The first-order chi connectivity index (χ1) is 8.72. The van der Waals surface area contributed by atoms with E-state index >= 15 is 0 Å². The Balaban J connectivity index is 1.59. The van der Waals surface area contributed by atoms with Gasteiger partial charge in [-0.3, -0.25) is 0 Å². The summed E-state index contributed by atoms with van der Waals surface area (Å²) in [6, 6.07) is 7.15. The number of nitrogens with one attached hydrogen (secondary N) is 1. The van der Waals surface area contributed by atoms with E-state index in [1.165, 1.54) is 34.9 Å². The lowest BCUT2D eigenvalue weighted by molar-refractivity contribution is 0.177. The second-order valence-corrected chi connectivity index (χ2v) is 6.59. The van der Waals surface area contributed by atoms with E-state index < -0.39 is 0 Å². The Labute approximate surface area is 117 Å². The molecule has 0 amide bonds. The van der Waals surface area contributed by atoms with Crippen molar-refractivity contribution in [2.75, 3.05) is 6.54 Å². The van der Waals surface area contributed by atoms with Gasteiger partial charge in [0.15, 0.2) is 0 Å². The molecule has 18 heavy (non-hydrogen) atoms. The lowest BCUT2D eigenvalue weighted by Crippen LogP contribution is -2.25. The van der Waals surface area contributed by atoms with Gasteiger partial charge in [-0.25, -0.2) is 0 Å². The average Bonchev–Trinajstić information content (AvgIpc) is 2.92. The fourth-order valence-electron chi connectivity index (χ4n) is 3.34. The second kappa shape index (κ2) is 5.32. The monoisotopic (exact) mass is 309 g/mol. The van der Waals surface area contributed by atoms with E-state index in [0.29, 0.717) is 12.0 Å². The first-order valence-corrected chi connectivity index (χ1v) is 7.71. The zero-order valence-corrected chi connectivity index (χ0v) is 12.1. The van der Waals surface area contributed by atoms with Crippen molar-refractivity contribution in [3.05, 3.63) is 33.8 Å². The van der Waals surface area contributed by atoms with Crippen LogP contribution >= 0.6 is 15.9 Å². The van der Waals surface area contributed by atoms with Crippen molar-refractivity contribution in [3.63, 3.8) is 0 Å². The Morgan fingerprint density at radius 1 is 1.28 bits per heavy atom. The molecule has 0 radical (unpaired) electrons. The molecular weight excluding hydrogens is 290 g/mol. The third-order valence-electron chi connectivity index (χ3n) is 4.35. The van der Waals surface area contributed by atoms with Crippen molar-refractivity contribution in [1.29, 1.82) is 0 Å². The number of aliphatic hydroxyl groups is 1. The Bertz CT molecular complexity index is 435. The van der Waals surface area contributed by atoms with Gasteiger partial charge in [-0.15, -0.1) is 0 Å². The molecule has 3 heteroatoms.